The zero-order chi connectivity index (χ0) is 27.6. The Morgan fingerprint density at radius 3 is 1.94 bits per heavy atom. The van der Waals surface area contributed by atoms with Crippen LogP contribution in [0.2, 0.25) is 0 Å². The predicted octanol–water partition coefficient (Wildman–Crippen LogP) is 5.69. The molecule has 4 atom stereocenters. The SMILES string of the molecule is CCCC(C)(C)ONCC(CNOC(C)CC(C)C)(CNOC(C)C(C)CC)NOCCCC(C)C. The fourth-order valence-corrected chi connectivity index (χ4v) is 3.88. The molecule has 36 heavy (non-hydrogen) atoms. The van der Waals surface area contributed by atoms with Crippen molar-refractivity contribution in [1.82, 2.24) is 21.9 Å². The van der Waals surface area contributed by atoms with E-state index in [0.717, 1.165) is 38.5 Å². The Labute approximate surface area is 223 Å². The molecule has 8 nitrogen and oxygen atoms in total. The van der Waals surface area contributed by atoms with Crippen molar-refractivity contribution in [2.75, 3.05) is 26.2 Å². The van der Waals surface area contributed by atoms with Crippen LogP contribution in [0.25, 0.3) is 0 Å². The lowest BCUT2D eigenvalue weighted by atomic mass is 10.0. The van der Waals surface area contributed by atoms with Gasteiger partial charge in [0, 0.05) is 19.6 Å². The van der Waals surface area contributed by atoms with Gasteiger partial charge in [-0.1, -0.05) is 61.3 Å². The van der Waals surface area contributed by atoms with E-state index in [9.17, 15) is 0 Å². The molecule has 0 amide bonds. The molecule has 0 saturated carbocycles. The standard InChI is InChI=1S/C28H62N4O4/c1-12-16-27(10,11)36-31-21-28(32-33-17-14-15-22(3)4,19-29-34-25(8)18-23(5)6)20-30-35-26(9)24(7)13-2/h22-26,29-32H,12-21H2,1-11H3. The van der Waals surface area contributed by atoms with Gasteiger partial charge in [0.1, 0.15) is 0 Å². The Balaban J connectivity index is 5.36. The first-order valence-electron chi connectivity index (χ1n) is 14.4. The molecule has 4 N–H and O–H groups in total. The lowest BCUT2D eigenvalue weighted by Gasteiger charge is -2.36. The molecule has 0 aromatic carbocycles. The molecule has 8 heteroatoms. The Kier molecular flexibility index (Phi) is 19.5. The van der Waals surface area contributed by atoms with E-state index < -0.39 is 5.54 Å². The van der Waals surface area contributed by atoms with Crippen molar-refractivity contribution >= 4 is 0 Å². The topological polar surface area (TPSA) is 85.0 Å². The van der Waals surface area contributed by atoms with Crippen LogP contribution >= 0.6 is 0 Å². The fraction of sp³-hybridized carbons (Fsp3) is 1.00. The molecule has 0 aliphatic carbocycles. The minimum atomic E-state index is -0.577. The van der Waals surface area contributed by atoms with Crippen LogP contribution in [-0.2, 0) is 19.4 Å². The van der Waals surface area contributed by atoms with E-state index in [2.05, 4.69) is 98.1 Å². The van der Waals surface area contributed by atoms with Crippen molar-refractivity contribution in [3.05, 3.63) is 0 Å². The van der Waals surface area contributed by atoms with Crippen LogP contribution in [0.5, 0.6) is 0 Å². The third kappa shape index (κ3) is 18.0. The summed E-state index contributed by atoms with van der Waals surface area (Å²) in [5.41, 5.74) is 12.1. The van der Waals surface area contributed by atoms with Gasteiger partial charge in [-0.15, -0.1) is 0 Å². The summed E-state index contributed by atoms with van der Waals surface area (Å²) >= 11 is 0. The number of nitrogens with one attached hydrogen (secondary N) is 4. The number of hydrogen-bond acceptors (Lipinski definition) is 8. The van der Waals surface area contributed by atoms with Gasteiger partial charge in [-0.2, -0.15) is 11.0 Å². The predicted molar refractivity (Wildman–Crippen MR) is 150 cm³/mol. The molecule has 0 rings (SSSR count). The maximum atomic E-state index is 6.06. The third-order valence-corrected chi connectivity index (χ3v) is 6.55. The first kappa shape index (κ1) is 35.7. The van der Waals surface area contributed by atoms with Crippen molar-refractivity contribution in [2.45, 2.75) is 138 Å². The van der Waals surface area contributed by atoms with E-state index in [1.807, 2.05) is 0 Å². The van der Waals surface area contributed by atoms with E-state index in [-0.39, 0.29) is 17.8 Å². The second kappa shape index (κ2) is 19.7. The van der Waals surface area contributed by atoms with Crippen LogP contribution in [0.15, 0.2) is 0 Å². The highest BCUT2D eigenvalue weighted by atomic mass is 16.7. The molecule has 0 saturated heterocycles. The molecular weight excluding hydrogens is 456 g/mol. The first-order valence-corrected chi connectivity index (χ1v) is 14.4. The maximum Gasteiger partial charge on any atom is 0.0873 e. The van der Waals surface area contributed by atoms with Crippen molar-refractivity contribution in [2.24, 2.45) is 17.8 Å². The lowest BCUT2D eigenvalue weighted by molar-refractivity contribution is -0.127. The molecule has 0 aliphatic heterocycles. The van der Waals surface area contributed by atoms with Crippen LogP contribution in [0.3, 0.4) is 0 Å². The van der Waals surface area contributed by atoms with E-state index in [4.69, 9.17) is 19.4 Å². The lowest BCUT2D eigenvalue weighted by Crippen LogP contribution is -2.64. The smallest absolute Gasteiger partial charge is 0.0873 e. The highest BCUT2D eigenvalue weighted by Crippen LogP contribution is 2.16. The van der Waals surface area contributed by atoms with E-state index >= 15 is 0 Å². The van der Waals surface area contributed by atoms with Gasteiger partial charge in [-0.3, -0.25) is 14.5 Å². The van der Waals surface area contributed by atoms with Crippen LogP contribution in [0, 0.1) is 17.8 Å². The van der Waals surface area contributed by atoms with Gasteiger partial charge in [-0.05, 0) is 71.1 Å². The van der Waals surface area contributed by atoms with Crippen LogP contribution in [0.1, 0.15) is 115 Å². The summed E-state index contributed by atoms with van der Waals surface area (Å²) in [6.45, 7) is 25.9. The Bertz CT molecular complexity index is 522. The summed E-state index contributed by atoms with van der Waals surface area (Å²) in [6.07, 6.45) is 6.41. The van der Waals surface area contributed by atoms with Gasteiger partial charge in [0.05, 0.1) is 30.0 Å². The number of hydrogen-bond donors (Lipinski definition) is 4. The third-order valence-electron chi connectivity index (χ3n) is 6.55. The largest absolute Gasteiger partial charge is 0.301 e. The molecule has 0 bridgehead atoms. The van der Waals surface area contributed by atoms with Crippen molar-refractivity contribution in [3.63, 3.8) is 0 Å². The fourth-order valence-electron chi connectivity index (χ4n) is 3.88. The summed E-state index contributed by atoms with van der Waals surface area (Å²) < 4.78 is 0. The minimum absolute atomic E-state index is 0.0997. The summed E-state index contributed by atoms with van der Waals surface area (Å²) in [5.74, 6) is 1.69. The van der Waals surface area contributed by atoms with Gasteiger partial charge in [0.2, 0.25) is 0 Å². The van der Waals surface area contributed by atoms with Gasteiger partial charge in [0.15, 0.2) is 0 Å². The zero-order valence-electron chi connectivity index (χ0n) is 25.6. The monoisotopic (exact) mass is 518 g/mol. The number of hydroxylamine groups is 4. The molecule has 0 aromatic rings. The van der Waals surface area contributed by atoms with Gasteiger partial charge < -0.3 is 4.84 Å². The average Bonchev–Trinajstić information content (AvgIpc) is 2.77. The Morgan fingerprint density at radius 1 is 0.778 bits per heavy atom. The van der Waals surface area contributed by atoms with Gasteiger partial charge in [0.25, 0.3) is 0 Å². The van der Waals surface area contributed by atoms with Gasteiger partial charge >= 0.3 is 0 Å². The van der Waals surface area contributed by atoms with Gasteiger partial charge in [-0.25, -0.2) is 11.0 Å². The summed E-state index contributed by atoms with van der Waals surface area (Å²) in [4.78, 5) is 24.0. The summed E-state index contributed by atoms with van der Waals surface area (Å²) in [5, 5.41) is 0. The second-order valence-corrected chi connectivity index (χ2v) is 12.1. The summed E-state index contributed by atoms with van der Waals surface area (Å²) in [6, 6.07) is 0. The molecule has 0 aromatic heterocycles. The van der Waals surface area contributed by atoms with Crippen LogP contribution in [-0.4, -0.2) is 49.6 Å². The van der Waals surface area contributed by atoms with E-state index in [0.29, 0.717) is 44.0 Å². The van der Waals surface area contributed by atoms with Crippen LogP contribution in [0.4, 0.5) is 0 Å². The zero-order valence-corrected chi connectivity index (χ0v) is 25.6. The highest BCUT2D eigenvalue weighted by Gasteiger charge is 2.33. The Morgan fingerprint density at radius 2 is 1.39 bits per heavy atom. The molecular formula is C28H62N4O4. The normalized spacial score (nSPS) is 16.9. The number of rotatable bonds is 24. The molecule has 0 spiro atoms. The average molecular weight is 519 g/mol. The molecule has 4 unspecified atom stereocenters. The van der Waals surface area contributed by atoms with Crippen molar-refractivity contribution < 1.29 is 19.4 Å². The molecule has 0 fully saturated rings. The highest BCUT2D eigenvalue weighted by molar-refractivity contribution is 4.90. The Hall–Kier alpha value is -0.320. The van der Waals surface area contributed by atoms with Crippen LogP contribution < -0.4 is 21.9 Å². The molecule has 0 aliphatic rings. The summed E-state index contributed by atoms with van der Waals surface area (Å²) in [7, 11) is 0. The molecule has 218 valence electrons. The van der Waals surface area contributed by atoms with E-state index in [1.54, 1.807) is 0 Å². The van der Waals surface area contributed by atoms with Crippen molar-refractivity contribution in [1.29, 1.82) is 0 Å². The quantitative estimate of drug-likeness (QED) is 0.0957. The molecule has 0 heterocycles. The second-order valence-electron chi connectivity index (χ2n) is 12.1. The first-order chi connectivity index (χ1) is 16.9. The molecule has 0 radical (unpaired) electrons. The van der Waals surface area contributed by atoms with E-state index in [1.165, 1.54) is 0 Å². The minimum Gasteiger partial charge on any atom is -0.301 e. The van der Waals surface area contributed by atoms with Crippen molar-refractivity contribution in [3.8, 4) is 0 Å². The maximum absolute atomic E-state index is 6.06.